The number of nitrogens with one attached hydrogen (secondary N) is 2. The van der Waals surface area contributed by atoms with Crippen LogP contribution in [0.25, 0.3) is 0 Å². The smallest absolute Gasteiger partial charge is 0.263 e. The number of aryl methyl sites for hydroxylation is 1. The van der Waals surface area contributed by atoms with Crippen LogP contribution >= 0.6 is 0 Å². The van der Waals surface area contributed by atoms with Crippen molar-refractivity contribution in [1.82, 2.24) is 19.8 Å². The van der Waals surface area contributed by atoms with Gasteiger partial charge < -0.3 is 10.4 Å². The third kappa shape index (κ3) is 4.37. The van der Waals surface area contributed by atoms with Gasteiger partial charge in [0.05, 0.1) is 6.61 Å². The first-order valence-electron chi connectivity index (χ1n) is 6.95. The minimum atomic E-state index is -3.75. The molecular weight excluding hydrogens is 292 g/mol. The van der Waals surface area contributed by atoms with Gasteiger partial charge in [0, 0.05) is 30.9 Å². The van der Waals surface area contributed by atoms with E-state index in [0.717, 1.165) is 18.7 Å². The van der Waals surface area contributed by atoms with E-state index in [9.17, 15) is 8.42 Å². The van der Waals surface area contributed by atoms with Crippen LogP contribution in [0.2, 0.25) is 0 Å². The number of hydrogen-bond donors (Lipinski definition) is 3. The average Bonchev–Trinajstić information content (AvgIpc) is 2.81. The molecule has 0 radical (unpaired) electrons. The zero-order valence-electron chi connectivity index (χ0n) is 12.6. The van der Waals surface area contributed by atoms with Crippen molar-refractivity contribution >= 4 is 10.0 Å². The molecule has 0 amide bonds. The predicted octanol–water partition coefficient (Wildman–Crippen LogP) is 0.387. The molecule has 1 heterocycles. The van der Waals surface area contributed by atoms with Crippen molar-refractivity contribution in [3.63, 3.8) is 0 Å². The number of hydrogen-bond acceptors (Lipinski definition) is 5. The molecule has 3 N–H and O–H groups in total. The number of aromatic nitrogens is 2. The van der Waals surface area contributed by atoms with Gasteiger partial charge in [0.2, 0.25) is 0 Å². The van der Waals surface area contributed by atoms with Gasteiger partial charge in [-0.05, 0) is 19.9 Å². The summed E-state index contributed by atoms with van der Waals surface area (Å²) < 4.78 is 26.4. The average molecular weight is 316 g/mol. The third-order valence-electron chi connectivity index (χ3n) is 3.03. The maximum absolute atomic E-state index is 12.6. The first-order chi connectivity index (χ1) is 9.98. The molecule has 0 aromatic carbocycles. The summed E-state index contributed by atoms with van der Waals surface area (Å²) in [6, 6.07) is 0. The Hall–Kier alpha value is -1.22. The van der Waals surface area contributed by atoms with E-state index in [1.165, 1.54) is 10.4 Å². The Morgan fingerprint density at radius 3 is 2.81 bits per heavy atom. The second-order valence-electron chi connectivity index (χ2n) is 4.68. The SMILES string of the molecule is C=CCN(CCO)S(=O)(=O)c1n[nH]c(C)c1CNCCC. The summed E-state index contributed by atoms with van der Waals surface area (Å²) in [5.74, 6) is 0. The Labute approximate surface area is 126 Å². The van der Waals surface area contributed by atoms with E-state index in [0.29, 0.717) is 12.1 Å². The monoisotopic (exact) mass is 316 g/mol. The zero-order valence-corrected chi connectivity index (χ0v) is 13.4. The molecular formula is C13H24N4O3S. The molecule has 120 valence electrons. The Balaban J connectivity index is 3.09. The second-order valence-corrected chi connectivity index (χ2v) is 6.54. The van der Waals surface area contributed by atoms with Gasteiger partial charge in [-0.3, -0.25) is 5.10 Å². The van der Waals surface area contributed by atoms with E-state index >= 15 is 0 Å². The first kappa shape index (κ1) is 17.8. The van der Waals surface area contributed by atoms with E-state index < -0.39 is 10.0 Å². The fourth-order valence-corrected chi connectivity index (χ4v) is 3.49. The van der Waals surface area contributed by atoms with E-state index in [1.807, 2.05) is 6.92 Å². The highest BCUT2D eigenvalue weighted by atomic mass is 32.2. The third-order valence-corrected chi connectivity index (χ3v) is 4.87. The van der Waals surface area contributed by atoms with Crippen LogP contribution in [-0.4, -0.2) is 54.3 Å². The van der Waals surface area contributed by atoms with Crippen molar-refractivity contribution in [2.24, 2.45) is 0 Å². The second kappa shape index (κ2) is 8.28. The molecule has 0 bridgehead atoms. The fraction of sp³-hybridized carbons (Fsp3) is 0.615. The lowest BCUT2D eigenvalue weighted by Gasteiger charge is -2.19. The summed E-state index contributed by atoms with van der Waals surface area (Å²) in [5.41, 5.74) is 1.36. The number of H-pyrrole nitrogens is 1. The molecule has 7 nitrogen and oxygen atoms in total. The standard InChI is InChI=1S/C13H24N4O3S/c1-4-6-14-10-12-11(3)15-16-13(12)21(19,20)17(7-5-2)8-9-18/h5,14,18H,2,4,6-10H2,1,3H3,(H,15,16). The maximum atomic E-state index is 12.6. The highest BCUT2D eigenvalue weighted by Gasteiger charge is 2.29. The first-order valence-corrected chi connectivity index (χ1v) is 8.39. The Morgan fingerprint density at radius 1 is 1.52 bits per heavy atom. The van der Waals surface area contributed by atoms with Crippen molar-refractivity contribution in [3.8, 4) is 0 Å². The van der Waals surface area contributed by atoms with Crippen LogP contribution in [0, 0.1) is 6.92 Å². The molecule has 0 aliphatic carbocycles. The minimum absolute atomic E-state index is 0.0129. The van der Waals surface area contributed by atoms with E-state index in [-0.39, 0.29) is 24.7 Å². The van der Waals surface area contributed by atoms with Crippen LogP contribution in [0.5, 0.6) is 0 Å². The molecule has 0 saturated carbocycles. The Bertz CT molecular complexity index is 554. The molecule has 21 heavy (non-hydrogen) atoms. The number of aliphatic hydroxyl groups excluding tert-OH is 1. The van der Waals surface area contributed by atoms with Gasteiger partial charge in [-0.15, -0.1) is 6.58 Å². The van der Waals surface area contributed by atoms with E-state index in [2.05, 4.69) is 22.1 Å². The van der Waals surface area contributed by atoms with Gasteiger partial charge in [-0.2, -0.15) is 9.40 Å². The predicted molar refractivity (Wildman–Crippen MR) is 81.4 cm³/mol. The molecule has 8 heteroatoms. The van der Waals surface area contributed by atoms with Gasteiger partial charge in [-0.1, -0.05) is 13.0 Å². The van der Waals surface area contributed by atoms with Crippen molar-refractivity contribution in [2.45, 2.75) is 31.8 Å². The molecule has 0 aliphatic rings. The summed E-state index contributed by atoms with van der Waals surface area (Å²) in [7, 11) is -3.75. The molecule has 0 saturated heterocycles. The number of aliphatic hydroxyl groups is 1. The summed E-state index contributed by atoms with van der Waals surface area (Å²) >= 11 is 0. The highest BCUT2D eigenvalue weighted by Crippen LogP contribution is 2.20. The fourth-order valence-electron chi connectivity index (χ4n) is 1.93. The number of aromatic amines is 1. The summed E-state index contributed by atoms with van der Waals surface area (Å²) in [6.45, 7) is 8.52. The van der Waals surface area contributed by atoms with Gasteiger partial charge in [0.15, 0.2) is 5.03 Å². The van der Waals surface area contributed by atoms with Crippen molar-refractivity contribution in [1.29, 1.82) is 0 Å². The normalized spacial score (nSPS) is 12.0. The quantitative estimate of drug-likeness (QED) is 0.428. The lowest BCUT2D eigenvalue weighted by atomic mass is 10.2. The van der Waals surface area contributed by atoms with Crippen LogP contribution in [0.1, 0.15) is 24.6 Å². The summed E-state index contributed by atoms with van der Waals surface area (Å²) in [6.07, 6.45) is 2.45. The summed E-state index contributed by atoms with van der Waals surface area (Å²) in [5, 5.41) is 18.9. The van der Waals surface area contributed by atoms with Crippen molar-refractivity contribution < 1.29 is 13.5 Å². The maximum Gasteiger partial charge on any atom is 0.263 e. The van der Waals surface area contributed by atoms with Crippen LogP contribution in [0.3, 0.4) is 0 Å². The largest absolute Gasteiger partial charge is 0.395 e. The molecule has 0 fully saturated rings. The lowest BCUT2D eigenvalue weighted by Crippen LogP contribution is -2.34. The number of sulfonamides is 1. The molecule has 1 aromatic rings. The topological polar surface area (TPSA) is 98.3 Å². The molecule has 0 atom stereocenters. The molecule has 1 rings (SSSR count). The molecule has 0 unspecified atom stereocenters. The van der Waals surface area contributed by atoms with E-state index in [4.69, 9.17) is 5.11 Å². The van der Waals surface area contributed by atoms with E-state index in [1.54, 1.807) is 6.92 Å². The summed E-state index contributed by atoms with van der Waals surface area (Å²) in [4.78, 5) is 0. The molecule has 0 aliphatic heterocycles. The van der Waals surface area contributed by atoms with Crippen molar-refractivity contribution in [3.05, 3.63) is 23.9 Å². The van der Waals surface area contributed by atoms with Gasteiger partial charge in [0.25, 0.3) is 10.0 Å². The lowest BCUT2D eigenvalue weighted by molar-refractivity contribution is 0.260. The highest BCUT2D eigenvalue weighted by molar-refractivity contribution is 7.89. The van der Waals surface area contributed by atoms with Crippen LogP contribution in [0.15, 0.2) is 17.7 Å². The molecule has 0 spiro atoms. The van der Waals surface area contributed by atoms with Crippen LogP contribution in [-0.2, 0) is 16.6 Å². The minimum Gasteiger partial charge on any atom is -0.395 e. The number of nitrogens with zero attached hydrogens (tertiary/aromatic N) is 2. The molecule has 1 aromatic heterocycles. The van der Waals surface area contributed by atoms with Crippen LogP contribution < -0.4 is 5.32 Å². The van der Waals surface area contributed by atoms with Crippen molar-refractivity contribution in [2.75, 3.05) is 26.2 Å². The number of rotatable bonds is 10. The Kier molecular flexibility index (Phi) is 7.03. The zero-order chi connectivity index (χ0) is 15.9. The van der Waals surface area contributed by atoms with Gasteiger partial charge >= 0.3 is 0 Å². The van der Waals surface area contributed by atoms with Gasteiger partial charge in [-0.25, -0.2) is 8.42 Å². The van der Waals surface area contributed by atoms with Crippen LogP contribution in [0.4, 0.5) is 0 Å². The Morgan fingerprint density at radius 2 is 2.24 bits per heavy atom. The van der Waals surface area contributed by atoms with Gasteiger partial charge in [0.1, 0.15) is 0 Å².